The quantitative estimate of drug-likeness (QED) is 0.701. The number of aromatic nitrogens is 2. The van der Waals surface area contributed by atoms with E-state index in [0.717, 1.165) is 11.3 Å². The molecule has 0 fully saturated rings. The van der Waals surface area contributed by atoms with Gasteiger partial charge in [-0.05, 0) is 13.8 Å². The Morgan fingerprint density at radius 3 is 3.00 bits per heavy atom. The first-order chi connectivity index (χ1) is 7.27. The van der Waals surface area contributed by atoms with Crippen LogP contribution in [0.25, 0.3) is 0 Å². The molecule has 1 aliphatic heterocycles. The van der Waals surface area contributed by atoms with Crippen LogP contribution in [0.5, 0.6) is 0 Å². The second-order valence-electron chi connectivity index (χ2n) is 3.30. The molecule has 0 aromatic carbocycles. The van der Waals surface area contributed by atoms with Crippen molar-refractivity contribution in [1.29, 1.82) is 0 Å². The number of rotatable bonds is 3. The zero-order chi connectivity index (χ0) is 10.8. The molecule has 0 saturated carbocycles. The fourth-order valence-electron chi connectivity index (χ4n) is 1.72. The van der Waals surface area contributed by atoms with E-state index in [1.54, 1.807) is 11.6 Å². The van der Waals surface area contributed by atoms with Gasteiger partial charge in [-0.1, -0.05) is 0 Å². The third kappa shape index (κ3) is 1.63. The van der Waals surface area contributed by atoms with Gasteiger partial charge < -0.3 is 9.47 Å². The molecule has 0 amide bonds. The highest BCUT2D eigenvalue weighted by molar-refractivity contribution is 5.89. The van der Waals surface area contributed by atoms with E-state index in [2.05, 4.69) is 5.10 Å². The largest absolute Gasteiger partial charge is 0.461 e. The molecular formula is C10H14N2O3. The summed E-state index contributed by atoms with van der Waals surface area (Å²) in [5, 5.41) is 4.30. The third-order valence-electron chi connectivity index (χ3n) is 2.39. The molecule has 1 aromatic rings. The Balaban J connectivity index is 2.39. The van der Waals surface area contributed by atoms with Crippen LogP contribution >= 0.6 is 0 Å². The summed E-state index contributed by atoms with van der Waals surface area (Å²) in [6, 6.07) is 0. The molecular weight excluding hydrogens is 196 g/mol. The van der Waals surface area contributed by atoms with E-state index >= 15 is 0 Å². The number of aryl methyl sites for hydroxylation is 1. The van der Waals surface area contributed by atoms with Crippen molar-refractivity contribution >= 4 is 5.97 Å². The molecule has 0 aliphatic carbocycles. The molecule has 0 bridgehead atoms. The lowest BCUT2D eigenvalue weighted by Crippen LogP contribution is -2.14. The number of nitrogens with zero attached hydrogens (tertiary/aromatic N) is 2. The lowest BCUT2D eigenvalue weighted by atomic mass is 10.2. The fraction of sp³-hybridized carbons (Fsp3) is 0.600. The smallest absolute Gasteiger partial charge is 0.356 e. The SMILES string of the molecule is CCOC(=O)c1c2c(nn1CC)COC2. The van der Waals surface area contributed by atoms with E-state index < -0.39 is 0 Å². The molecule has 5 nitrogen and oxygen atoms in total. The first-order valence-corrected chi connectivity index (χ1v) is 5.11. The fourth-order valence-corrected chi connectivity index (χ4v) is 1.72. The summed E-state index contributed by atoms with van der Waals surface area (Å²) in [6.45, 7) is 5.75. The van der Waals surface area contributed by atoms with Gasteiger partial charge in [-0.15, -0.1) is 0 Å². The number of hydrogen-bond acceptors (Lipinski definition) is 4. The van der Waals surface area contributed by atoms with Crippen molar-refractivity contribution in [3.8, 4) is 0 Å². The van der Waals surface area contributed by atoms with Gasteiger partial charge in [0.25, 0.3) is 0 Å². The normalized spacial score (nSPS) is 14.0. The molecule has 1 aromatic heterocycles. The Morgan fingerprint density at radius 1 is 1.53 bits per heavy atom. The standard InChI is InChI=1S/C10H14N2O3/c1-3-12-9(10(13)15-4-2)7-5-14-6-8(7)11-12/h3-6H2,1-2H3. The van der Waals surface area contributed by atoms with Crippen LogP contribution in [0.1, 0.15) is 35.6 Å². The topological polar surface area (TPSA) is 53.3 Å². The van der Waals surface area contributed by atoms with E-state index in [1.165, 1.54) is 0 Å². The van der Waals surface area contributed by atoms with Gasteiger partial charge in [0, 0.05) is 12.1 Å². The number of fused-ring (bicyclic) bond motifs is 1. The minimum Gasteiger partial charge on any atom is -0.461 e. The second-order valence-corrected chi connectivity index (χ2v) is 3.30. The summed E-state index contributed by atoms with van der Waals surface area (Å²) in [5.41, 5.74) is 2.29. The van der Waals surface area contributed by atoms with Crippen LogP contribution in [-0.2, 0) is 29.2 Å². The molecule has 0 spiro atoms. The molecule has 2 rings (SSSR count). The van der Waals surface area contributed by atoms with Crippen LogP contribution in [0.4, 0.5) is 0 Å². The van der Waals surface area contributed by atoms with E-state index in [-0.39, 0.29) is 5.97 Å². The summed E-state index contributed by atoms with van der Waals surface area (Å²) < 4.78 is 11.9. The van der Waals surface area contributed by atoms with Crippen molar-refractivity contribution in [3.63, 3.8) is 0 Å². The Kier molecular flexibility index (Phi) is 2.73. The predicted molar refractivity (Wildman–Crippen MR) is 52.4 cm³/mol. The van der Waals surface area contributed by atoms with Gasteiger partial charge in [-0.3, -0.25) is 4.68 Å². The minimum absolute atomic E-state index is 0.307. The summed E-state index contributed by atoms with van der Waals surface area (Å²) in [7, 11) is 0. The van der Waals surface area contributed by atoms with E-state index in [1.807, 2.05) is 6.92 Å². The molecule has 1 aliphatic rings. The summed E-state index contributed by atoms with van der Waals surface area (Å²) >= 11 is 0. The van der Waals surface area contributed by atoms with Crippen LogP contribution in [0.15, 0.2) is 0 Å². The highest BCUT2D eigenvalue weighted by Crippen LogP contribution is 2.23. The van der Waals surface area contributed by atoms with Crippen molar-refractivity contribution in [2.24, 2.45) is 0 Å². The lowest BCUT2D eigenvalue weighted by Gasteiger charge is -2.05. The lowest BCUT2D eigenvalue weighted by molar-refractivity contribution is 0.0505. The predicted octanol–water partition coefficient (Wildman–Crippen LogP) is 1.11. The average molecular weight is 210 g/mol. The Morgan fingerprint density at radius 2 is 2.33 bits per heavy atom. The van der Waals surface area contributed by atoms with Gasteiger partial charge in [0.15, 0.2) is 5.69 Å². The molecule has 0 N–H and O–H groups in total. The first-order valence-electron chi connectivity index (χ1n) is 5.11. The van der Waals surface area contributed by atoms with Gasteiger partial charge >= 0.3 is 5.97 Å². The molecule has 0 radical (unpaired) electrons. The van der Waals surface area contributed by atoms with Crippen LogP contribution in [0.2, 0.25) is 0 Å². The number of ether oxygens (including phenoxy) is 2. The van der Waals surface area contributed by atoms with Crippen molar-refractivity contribution in [3.05, 3.63) is 17.0 Å². The molecule has 82 valence electrons. The van der Waals surface area contributed by atoms with Crippen molar-refractivity contribution in [2.45, 2.75) is 33.6 Å². The van der Waals surface area contributed by atoms with E-state index in [9.17, 15) is 4.79 Å². The average Bonchev–Trinajstić information content (AvgIpc) is 2.75. The number of carbonyl (C=O) groups is 1. The van der Waals surface area contributed by atoms with Gasteiger partial charge in [-0.25, -0.2) is 4.79 Å². The van der Waals surface area contributed by atoms with Gasteiger partial charge in [0.2, 0.25) is 0 Å². The monoisotopic (exact) mass is 210 g/mol. The van der Waals surface area contributed by atoms with E-state index in [4.69, 9.17) is 9.47 Å². The molecule has 2 heterocycles. The number of hydrogen-bond donors (Lipinski definition) is 0. The van der Waals surface area contributed by atoms with E-state index in [0.29, 0.717) is 32.1 Å². The second kappa shape index (κ2) is 4.02. The number of esters is 1. The molecule has 15 heavy (non-hydrogen) atoms. The van der Waals surface area contributed by atoms with Crippen molar-refractivity contribution < 1.29 is 14.3 Å². The molecule has 0 saturated heterocycles. The summed E-state index contributed by atoms with van der Waals surface area (Å²) in [4.78, 5) is 11.7. The maximum absolute atomic E-state index is 11.7. The third-order valence-corrected chi connectivity index (χ3v) is 2.39. The minimum atomic E-state index is -0.307. The summed E-state index contributed by atoms with van der Waals surface area (Å²) in [6.07, 6.45) is 0. The van der Waals surface area contributed by atoms with Crippen LogP contribution in [0, 0.1) is 0 Å². The highest BCUT2D eigenvalue weighted by atomic mass is 16.5. The molecule has 0 unspecified atom stereocenters. The molecule has 0 atom stereocenters. The van der Waals surface area contributed by atoms with Crippen LogP contribution < -0.4 is 0 Å². The number of carbonyl (C=O) groups excluding carboxylic acids is 1. The Labute approximate surface area is 88.0 Å². The molecule has 5 heteroatoms. The van der Waals surface area contributed by atoms with Crippen molar-refractivity contribution in [2.75, 3.05) is 6.61 Å². The summed E-state index contributed by atoms with van der Waals surface area (Å²) in [5.74, 6) is -0.307. The highest BCUT2D eigenvalue weighted by Gasteiger charge is 2.27. The van der Waals surface area contributed by atoms with Gasteiger partial charge in [-0.2, -0.15) is 5.10 Å². The van der Waals surface area contributed by atoms with Gasteiger partial charge in [0.1, 0.15) is 0 Å². The Hall–Kier alpha value is -1.36. The maximum Gasteiger partial charge on any atom is 0.356 e. The maximum atomic E-state index is 11.7. The van der Waals surface area contributed by atoms with Gasteiger partial charge in [0.05, 0.1) is 25.5 Å². The zero-order valence-electron chi connectivity index (χ0n) is 8.95. The van der Waals surface area contributed by atoms with Crippen LogP contribution in [0.3, 0.4) is 0 Å². The zero-order valence-corrected chi connectivity index (χ0v) is 8.95. The van der Waals surface area contributed by atoms with Crippen LogP contribution in [-0.4, -0.2) is 22.4 Å². The van der Waals surface area contributed by atoms with Crippen molar-refractivity contribution in [1.82, 2.24) is 9.78 Å². The first kappa shape index (κ1) is 10.2. The Bertz CT molecular complexity index is 384.